The number of fused-ring (bicyclic) bond motifs is 1. The van der Waals surface area contributed by atoms with Gasteiger partial charge in [0.1, 0.15) is 17.4 Å². The van der Waals surface area contributed by atoms with Gasteiger partial charge < -0.3 is 19.3 Å². The Kier molecular flexibility index (Phi) is 6.77. The topological polar surface area (TPSA) is 111 Å². The molecule has 2 aliphatic heterocycles. The quantitative estimate of drug-likeness (QED) is 0.384. The monoisotopic (exact) mass is 489 g/mol. The summed E-state index contributed by atoms with van der Waals surface area (Å²) in [5.74, 6) is 2.24. The molecule has 0 atom stereocenters. The molecule has 2 aliphatic rings. The Bertz CT molecular complexity index is 1260. The molecule has 2 aromatic carbocycles. The zero-order chi connectivity index (χ0) is 25.1. The van der Waals surface area contributed by atoms with Crippen molar-refractivity contribution >= 4 is 17.4 Å². The maximum Gasteiger partial charge on any atom is 0.269 e. The van der Waals surface area contributed by atoms with Gasteiger partial charge in [-0.05, 0) is 29.8 Å². The average Bonchev–Trinajstić information content (AvgIpc) is 2.93. The maximum absolute atomic E-state index is 13.2. The third-order valence-electron chi connectivity index (χ3n) is 6.53. The van der Waals surface area contributed by atoms with E-state index in [1.165, 1.54) is 24.3 Å². The molecule has 3 aromatic rings. The normalized spacial score (nSPS) is 15.4. The lowest BCUT2D eigenvalue weighted by molar-refractivity contribution is -0.384. The average molecular weight is 490 g/mol. The standard InChI is InChI=1S/C26H27N5O5/c1-35-21-8-2-18(3-9-21)16-24-27-23-10-11-30(26(32)19-4-6-20(7-5-19)31(33)34)17-22(23)25(28-24)29-12-14-36-15-13-29/h2-9H,10-17H2,1H3. The Hall–Kier alpha value is -4.05. The number of nitrogens with zero attached hydrogens (tertiary/aromatic N) is 5. The minimum Gasteiger partial charge on any atom is -0.497 e. The van der Waals surface area contributed by atoms with E-state index in [0.29, 0.717) is 44.7 Å². The minimum atomic E-state index is -0.471. The molecular weight excluding hydrogens is 462 g/mol. The number of nitro groups is 1. The number of morpholine rings is 1. The fraction of sp³-hybridized carbons (Fsp3) is 0.346. The number of hydrogen-bond acceptors (Lipinski definition) is 8. The third kappa shape index (κ3) is 4.99. The van der Waals surface area contributed by atoms with Gasteiger partial charge in [-0.2, -0.15) is 0 Å². The molecule has 1 fully saturated rings. The van der Waals surface area contributed by atoms with Crippen molar-refractivity contribution < 1.29 is 19.2 Å². The van der Waals surface area contributed by atoms with E-state index in [2.05, 4.69) is 4.90 Å². The van der Waals surface area contributed by atoms with Crippen LogP contribution in [-0.2, 0) is 24.1 Å². The fourth-order valence-corrected chi connectivity index (χ4v) is 4.57. The number of rotatable bonds is 6. The van der Waals surface area contributed by atoms with Crippen LogP contribution in [0.25, 0.3) is 0 Å². The molecular formula is C26H27N5O5. The highest BCUT2D eigenvalue weighted by atomic mass is 16.6. The van der Waals surface area contributed by atoms with Crippen molar-refractivity contribution in [1.29, 1.82) is 0 Å². The molecule has 3 heterocycles. The van der Waals surface area contributed by atoms with Crippen molar-refractivity contribution in [3.8, 4) is 5.75 Å². The lowest BCUT2D eigenvalue weighted by Gasteiger charge is -2.34. The van der Waals surface area contributed by atoms with Crippen LogP contribution in [0.3, 0.4) is 0 Å². The van der Waals surface area contributed by atoms with Gasteiger partial charge >= 0.3 is 0 Å². The number of non-ortho nitro benzene ring substituents is 1. The zero-order valence-electron chi connectivity index (χ0n) is 20.1. The first kappa shape index (κ1) is 23.7. The Labute approximate surface area is 208 Å². The lowest BCUT2D eigenvalue weighted by Crippen LogP contribution is -2.41. The van der Waals surface area contributed by atoms with Crippen LogP contribution in [0.2, 0.25) is 0 Å². The van der Waals surface area contributed by atoms with E-state index in [1.807, 2.05) is 24.3 Å². The van der Waals surface area contributed by atoms with Gasteiger partial charge in [-0.1, -0.05) is 12.1 Å². The highest BCUT2D eigenvalue weighted by Gasteiger charge is 2.29. The number of benzene rings is 2. The summed E-state index contributed by atoms with van der Waals surface area (Å²) >= 11 is 0. The van der Waals surface area contributed by atoms with E-state index in [9.17, 15) is 14.9 Å². The summed E-state index contributed by atoms with van der Waals surface area (Å²) in [6, 6.07) is 13.6. The Morgan fingerprint density at radius 2 is 1.78 bits per heavy atom. The summed E-state index contributed by atoms with van der Waals surface area (Å²) < 4.78 is 10.8. The van der Waals surface area contributed by atoms with Crippen LogP contribution in [0.5, 0.6) is 5.75 Å². The second-order valence-electron chi connectivity index (χ2n) is 8.79. The molecule has 1 saturated heterocycles. The second kappa shape index (κ2) is 10.3. The highest BCUT2D eigenvalue weighted by Crippen LogP contribution is 2.29. The summed E-state index contributed by atoms with van der Waals surface area (Å²) in [7, 11) is 1.64. The highest BCUT2D eigenvalue weighted by molar-refractivity contribution is 5.94. The van der Waals surface area contributed by atoms with Gasteiger partial charge in [-0.25, -0.2) is 9.97 Å². The molecule has 0 bridgehead atoms. The van der Waals surface area contributed by atoms with Gasteiger partial charge in [0, 0.05) is 55.7 Å². The second-order valence-corrected chi connectivity index (χ2v) is 8.79. The van der Waals surface area contributed by atoms with Crippen LogP contribution in [-0.4, -0.2) is 65.7 Å². The van der Waals surface area contributed by atoms with E-state index < -0.39 is 4.92 Å². The van der Waals surface area contributed by atoms with Crippen molar-refractivity contribution in [3.63, 3.8) is 0 Å². The summed E-state index contributed by atoms with van der Waals surface area (Å²) in [6.45, 7) is 3.60. The number of anilines is 1. The van der Waals surface area contributed by atoms with E-state index >= 15 is 0 Å². The van der Waals surface area contributed by atoms with Crippen LogP contribution in [0, 0.1) is 10.1 Å². The van der Waals surface area contributed by atoms with Crippen molar-refractivity contribution in [2.45, 2.75) is 19.4 Å². The zero-order valence-corrected chi connectivity index (χ0v) is 20.1. The summed E-state index contributed by atoms with van der Waals surface area (Å²) in [4.78, 5) is 37.5. The number of methoxy groups -OCH3 is 1. The first-order valence-corrected chi connectivity index (χ1v) is 11.9. The Morgan fingerprint density at radius 3 is 2.44 bits per heavy atom. The number of amides is 1. The molecule has 10 heteroatoms. The van der Waals surface area contributed by atoms with Gasteiger partial charge in [-0.3, -0.25) is 14.9 Å². The van der Waals surface area contributed by atoms with Crippen molar-refractivity contribution in [1.82, 2.24) is 14.9 Å². The van der Waals surface area contributed by atoms with Gasteiger partial charge in [0.05, 0.1) is 37.5 Å². The van der Waals surface area contributed by atoms with Crippen LogP contribution in [0.1, 0.15) is 33.0 Å². The predicted octanol–water partition coefficient (Wildman–Crippen LogP) is 3.02. The lowest BCUT2D eigenvalue weighted by atomic mass is 10.0. The van der Waals surface area contributed by atoms with E-state index in [0.717, 1.165) is 47.3 Å². The van der Waals surface area contributed by atoms with Gasteiger partial charge in [-0.15, -0.1) is 0 Å². The van der Waals surface area contributed by atoms with Crippen molar-refractivity contribution in [2.24, 2.45) is 0 Å². The fourth-order valence-electron chi connectivity index (χ4n) is 4.57. The largest absolute Gasteiger partial charge is 0.497 e. The van der Waals surface area contributed by atoms with Gasteiger partial charge in [0.15, 0.2) is 0 Å². The predicted molar refractivity (Wildman–Crippen MR) is 132 cm³/mol. The first-order valence-electron chi connectivity index (χ1n) is 11.9. The maximum atomic E-state index is 13.2. The Morgan fingerprint density at radius 1 is 1.06 bits per heavy atom. The van der Waals surface area contributed by atoms with Crippen LogP contribution in [0.4, 0.5) is 11.5 Å². The number of hydrogen-bond donors (Lipinski definition) is 0. The summed E-state index contributed by atoms with van der Waals surface area (Å²) in [5.41, 5.74) is 3.39. The molecule has 5 rings (SSSR count). The summed E-state index contributed by atoms with van der Waals surface area (Å²) in [5, 5.41) is 11.0. The van der Waals surface area contributed by atoms with Gasteiger partial charge in [0.25, 0.3) is 11.6 Å². The molecule has 36 heavy (non-hydrogen) atoms. The molecule has 0 spiro atoms. The number of carbonyl (C=O) groups excluding carboxylic acids is 1. The van der Waals surface area contributed by atoms with E-state index in [4.69, 9.17) is 19.4 Å². The van der Waals surface area contributed by atoms with Crippen LogP contribution < -0.4 is 9.64 Å². The molecule has 186 valence electrons. The number of ether oxygens (including phenoxy) is 2. The van der Waals surface area contributed by atoms with Crippen LogP contribution in [0.15, 0.2) is 48.5 Å². The molecule has 0 N–H and O–H groups in total. The molecule has 0 unspecified atom stereocenters. The minimum absolute atomic E-state index is 0.0390. The van der Waals surface area contributed by atoms with E-state index in [-0.39, 0.29) is 11.6 Å². The molecule has 0 radical (unpaired) electrons. The smallest absolute Gasteiger partial charge is 0.269 e. The van der Waals surface area contributed by atoms with E-state index in [1.54, 1.807) is 12.0 Å². The van der Waals surface area contributed by atoms with Gasteiger partial charge in [0.2, 0.25) is 0 Å². The van der Waals surface area contributed by atoms with Crippen LogP contribution >= 0.6 is 0 Å². The number of aromatic nitrogens is 2. The Balaban J connectivity index is 1.42. The first-order chi connectivity index (χ1) is 17.5. The van der Waals surface area contributed by atoms with Crippen molar-refractivity contribution in [2.75, 3.05) is 44.9 Å². The summed E-state index contributed by atoms with van der Waals surface area (Å²) in [6.07, 6.45) is 1.21. The molecule has 10 nitrogen and oxygen atoms in total. The SMILES string of the molecule is COc1ccc(Cc2nc3c(c(N4CCOCC4)n2)CN(C(=O)c2ccc([N+](=O)[O-])cc2)CC3)cc1. The van der Waals surface area contributed by atoms with Crippen molar-refractivity contribution in [3.05, 3.63) is 86.9 Å². The molecule has 1 amide bonds. The molecule has 1 aromatic heterocycles. The number of nitro benzene ring substituents is 1. The molecule has 0 saturated carbocycles. The third-order valence-corrected chi connectivity index (χ3v) is 6.53. The molecule has 0 aliphatic carbocycles. The number of carbonyl (C=O) groups is 1.